The van der Waals surface area contributed by atoms with Crippen LogP contribution < -0.4 is 4.74 Å². The quantitative estimate of drug-likeness (QED) is 0.417. The summed E-state index contributed by atoms with van der Waals surface area (Å²) in [6.07, 6.45) is 2.00. The minimum Gasteiger partial charge on any atom is -0.496 e. The van der Waals surface area contributed by atoms with Gasteiger partial charge in [0.2, 0.25) is 5.91 Å². The van der Waals surface area contributed by atoms with Gasteiger partial charge in [0.05, 0.1) is 12.0 Å². The zero-order valence-electron chi connectivity index (χ0n) is 18.8. The number of hydrogen-bond donors (Lipinski definition) is 0. The van der Waals surface area contributed by atoms with Gasteiger partial charge in [-0.3, -0.25) is 14.5 Å². The second-order valence-electron chi connectivity index (χ2n) is 8.46. The Bertz CT molecular complexity index is 1030. The predicted octanol–water partition coefficient (Wildman–Crippen LogP) is 5.11. The number of thiocarbonyl (C=S) groups is 1. The lowest BCUT2D eigenvalue weighted by atomic mass is 10.0. The van der Waals surface area contributed by atoms with E-state index >= 15 is 0 Å². The van der Waals surface area contributed by atoms with Crippen LogP contribution in [0.4, 0.5) is 0 Å². The molecular formula is C25H28N2O3S2. The van der Waals surface area contributed by atoms with Crippen molar-refractivity contribution < 1.29 is 14.3 Å². The third-order valence-electron chi connectivity index (χ3n) is 5.14. The number of carbonyl (C=O) groups excluding carboxylic acids is 2. The zero-order chi connectivity index (χ0) is 23.3. The number of amides is 2. The summed E-state index contributed by atoms with van der Waals surface area (Å²) in [5, 5.41) is 0. The van der Waals surface area contributed by atoms with Crippen molar-refractivity contribution in [2.75, 3.05) is 13.7 Å². The fourth-order valence-corrected chi connectivity index (χ4v) is 4.73. The Hall–Kier alpha value is -2.64. The van der Waals surface area contributed by atoms with E-state index < -0.39 is 0 Å². The monoisotopic (exact) mass is 468 g/mol. The van der Waals surface area contributed by atoms with Crippen LogP contribution in [0.3, 0.4) is 0 Å². The van der Waals surface area contributed by atoms with E-state index in [0.29, 0.717) is 21.5 Å². The molecule has 0 radical (unpaired) electrons. The average Bonchev–Trinajstić information content (AvgIpc) is 3.03. The van der Waals surface area contributed by atoms with Crippen molar-refractivity contribution in [1.29, 1.82) is 0 Å². The molecule has 0 spiro atoms. The van der Waals surface area contributed by atoms with Crippen LogP contribution >= 0.6 is 24.0 Å². The first-order chi connectivity index (χ1) is 15.2. The van der Waals surface area contributed by atoms with Gasteiger partial charge in [0.1, 0.15) is 10.1 Å². The highest BCUT2D eigenvalue weighted by atomic mass is 32.2. The maximum atomic E-state index is 13.1. The minimum atomic E-state index is -0.341. The average molecular weight is 469 g/mol. The van der Waals surface area contributed by atoms with Gasteiger partial charge in [-0.25, -0.2) is 0 Å². The number of carbonyl (C=O) groups is 2. The highest BCUT2D eigenvalue weighted by molar-refractivity contribution is 8.26. The van der Waals surface area contributed by atoms with E-state index in [9.17, 15) is 9.59 Å². The molecule has 1 aliphatic rings. The summed E-state index contributed by atoms with van der Waals surface area (Å²) in [7, 11) is 1.60. The largest absolute Gasteiger partial charge is 0.496 e. The summed E-state index contributed by atoms with van der Waals surface area (Å²) in [6.45, 7) is 6.83. The number of methoxy groups -OCH3 is 1. The molecule has 0 bridgehead atoms. The highest BCUT2D eigenvalue weighted by Gasteiger charge is 2.34. The van der Waals surface area contributed by atoms with E-state index in [1.54, 1.807) is 13.2 Å². The van der Waals surface area contributed by atoms with Crippen LogP contribution in [0.2, 0.25) is 0 Å². The Labute approximate surface area is 199 Å². The molecule has 1 aliphatic heterocycles. The molecule has 7 heteroatoms. The molecule has 5 nitrogen and oxygen atoms in total. The number of benzene rings is 2. The van der Waals surface area contributed by atoms with Crippen LogP contribution in [0.25, 0.3) is 6.08 Å². The van der Waals surface area contributed by atoms with Gasteiger partial charge in [-0.2, -0.15) is 0 Å². The topological polar surface area (TPSA) is 49.9 Å². The number of nitrogens with zero attached hydrogens (tertiary/aromatic N) is 2. The summed E-state index contributed by atoms with van der Waals surface area (Å²) < 4.78 is 5.84. The van der Waals surface area contributed by atoms with Crippen LogP contribution in [-0.4, -0.2) is 45.1 Å². The highest BCUT2D eigenvalue weighted by Crippen LogP contribution is 2.34. The van der Waals surface area contributed by atoms with Crippen LogP contribution in [0.5, 0.6) is 5.75 Å². The Morgan fingerprint density at radius 1 is 1.12 bits per heavy atom. The Balaban J connectivity index is 1.70. The fraction of sp³-hybridized carbons (Fsp3) is 0.320. The van der Waals surface area contributed by atoms with Crippen molar-refractivity contribution in [3.8, 4) is 5.75 Å². The van der Waals surface area contributed by atoms with E-state index in [-0.39, 0.29) is 30.3 Å². The predicted molar refractivity (Wildman–Crippen MR) is 134 cm³/mol. The van der Waals surface area contributed by atoms with E-state index in [1.165, 1.54) is 16.7 Å². The number of rotatable bonds is 7. The molecule has 0 saturated carbocycles. The second-order valence-corrected chi connectivity index (χ2v) is 10.1. The molecular weight excluding hydrogens is 440 g/mol. The summed E-state index contributed by atoms with van der Waals surface area (Å²) in [4.78, 5) is 30.0. The Morgan fingerprint density at radius 3 is 2.44 bits per heavy atom. The second kappa shape index (κ2) is 10.3. The summed E-state index contributed by atoms with van der Waals surface area (Å²) >= 11 is 6.69. The van der Waals surface area contributed by atoms with Crippen molar-refractivity contribution in [3.63, 3.8) is 0 Å². The van der Waals surface area contributed by atoms with Gasteiger partial charge in [-0.05, 0) is 38.5 Å². The number of ether oxygens (including phenoxy) is 1. The molecule has 2 aromatic carbocycles. The summed E-state index contributed by atoms with van der Waals surface area (Å²) in [5.74, 6) is 0.503. The lowest BCUT2D eigenvalue weighted by Gasteiger charge is -2.36. The molecule has 1 fully saturated rings. The first-order valence-corrected chi connectivity index (χ1v) is 11.7. The maximum Gasteiger partial charge on any atom is 0.266 e. The summed E-state index contributed by atoms with van der Waals surface area (Å²) in [5.41, 5.74) is 1.54. The Morgan fingerprint density at radius 2 is 1.78 bits per heavy atom. The van der Waals surface area contributed by atoms with Gasteiger partial charge in [0.25, 0.3) is 5.91 Å². The number of thioether (sulfide) groups is 1. The molecule has 0 N–H and O–H groups in total. The van der Waals surface area contributed by atoms with Gasteiger partial charge in [0.15, 0.2) is 0 Å². The van der Waals surface area contributed by atoms with Crippen molar-refractivity contribution in [2.45, 2.75) is 39.3 Å². The molecule has 2 aromatic rings. The van der Waals surface area contributed by atoms with Crippen LogP contribution in [0, 0.1) is 0 Å². The molecule has 1 heterocycles. The van der Waals surface area contributed by atoms with E-state index in [4.69, 9.17) is 17.0 Å². The standard InChI is InChI=1S/C25H28N2O3S2/c1-25(2,3)27(17-18-10-6-5-7-11-18)22(28)14-15-26-23(29)21(32-24(26)31)16-19-12-8-9-13-20(19)30-4/h5-13,16H,14-15,17H2,1-4H3. The molecule has 0 atom stereocenters. The molecule has 0 aliphatic carbocycles. The third kappa shape index (κ3) is 5.78. The number of hydrogen-bond acceptors (Lipinski definition) is 5. The van der Waals surface area contributed by atoms with Crippen molar-refractivity contribution in [2.24, 2.45) is 0 Å². The Kier molecular flexibility index (Phi) is 7.74. The van der Waals surface area contributed by atoms with E-state index in [1.807, 2.05) is 80.3 Å². The summed E-state index contributed by atoms with van der Waals surface area (Å²) in [6, 6.07) is 17.4. The lowest BCUT2D eigenvalue weighted by molar-refractivity contribution is -0.137. The molecule has 0 unspecified atom stereocenters. The van der Waals surface area contributed by atoms with Crippen LogP contribution in [0.1, 0.15) is 38.3 Å². The first-order valence-electron chi connectivity index (χ1n) is 10.4. The normalized spacial score (nSPS) is 15.4. The number of para-hydroxylation sites is 1. The molecule has 2 amide bonds. The molecule has 168 valence electrons. The van der Waals surface area contributed by atoms with Gasteiger partial charge in [-0.15, -0.1) is 0 Å². The van der Waals surface area contributed by atoms with Gasteiger partial charge < -0.3 is 9.64 Å². The smallest absolute Gasteiger partial charge is 0.266 e. The van der Waals surface area contributed by atoms with Crippen molar-refractivity contribution in [3.05, 3.63) is 70.6 Å². The maximum absolute atomic E-state index is 13.1. The molecule has 32 heavy (non-hydrogen) atoms. The van der Waals surface area contributed by atoms with Gasteiger partial charge >= 0.3 is 0 Å². The van der Waals surface area contributed by atoms with Crippen LogP contribution in [0.15, 0.2) is 59.5 Å². The molecule has 0 aromatic heterocycles. The zero-order valence-corrected chi connectivity index (χ0v) is 20.5. The van der Waals surface area contributed by atoms with Crippen molar-refractivity contribution >= 4 is 46.2 Å². The third-order valence-corrected chi connectivity index (χ3v) is 6.52. The molecule has 3 rings (SSSR count). The fourth-order valence-electron chi connectivity index (χ4n) is 3.43. The molecule has 1 saturated heterocycles. The lowest BCUT2D eigenvalue weighted by Crippen LogP contribution is -2.46. The van der Waals surface area contributed by atoms with Gasteiger partial charge in [0, 0.05) is 30.6 Å². The van der Waals surface area contributed by atoms with Gasteiger partial charge in [-0.1, -0.05) is 72.5 Å². The first kappa shape index (κ1) is 24.0. The minimum absolute atomic E-state index is 0.0101. The van der Waals surface area contributed by atoms with E-state index in [2.05, 4.69) is 0 Å². The van der Waals surface area contributed by atoms with E-state index in [0.717, 1.165) is 11.1 Å². The van der Waals surface area contributed by atoms with Crippen molar-refractivity contribution in [1.82, 2.24) is 9.80 Å². The SMILES string of the molecule is COc1ccccc1C=C1SC(=S)N(CCC(=O)N(Cc2ccccc2)C(C)(C)C)C1=O. The van der Waals surface area contributed by atoms with Crippen LogP contribution in [-0.2, 0) is 16.1 Å².